The van der Waals surface area contributed by atoms with Crippen molar-refractivity contribution in [1.29, 1.82) is 0 Å². The van der Waals surface area contributed by atoms with Crippen LogP contribution in [0.4, 0.5) is 13.2 Å². The van der Waals surface area contributed by atoms with Gasteiger partial charge in [0.1, 0.15) is 0 Å². The van der Waals surface area contributed by atoms with Crippen LogP contribution in [0.1, 0.15) is 17.2 Å². The van der Waals surface area contributed by atoms with Gasteiger partial charge in [0.05, 0.1) is 18.3 Å². The van der Waals surface area contributed by atoms with Crippen molar-refractivity contribution in [3.05, 3.63) is 35.4 Å². The molecule has 1 atom stereocenters. The third-order valence-electron chi connectivity index (χ3n) is 2.22. The lowest BCUT2D eigenvalue weighted by atomic mass is 10.1. The summed E-state index contributed by atoms with van der Waals surface area (Å²) in [4.78, 5) is 0. The zero-order chi connectivity index (χ0) is 12.9. The highest BCUT2D eigenvalue weighted by atomic mass is 19.4. The number of hydrogen-bond donors (Lipinski definition) is 3. The molecule has 0 heterocycles. The molecule has 6 heteroatoms. The number of nitrogens with one attached hydrogen (secondary N) is 1. The second-order valence-electron chi connectivity index (χ2n) is 3.57. The van der Waals surface area contributed by atoms with Crippen LogP contribution in [0.5, 0.6) is 0 Å². The van der Waals surface area contributed by atoms with Crippen LogP contribution in [0.15, 0.2) is 24.3 Å². The summed E-state index contributed by atoms with van der Waals surface area (Å²) in [7, 11) is 0. The molecule has 0 aliphatic heterocycles. The van der Waals surface area contributed by atoms with Crippen molar-refractivity contribution in [2.45, 2.75) is 12.3 Å². The Bertz CT molecular complexity index is 355. The molecule has 1 aromatic carbocycles. The number of hydrogen-bond acceptors (Lipinski definition) is 3. The van der Waals surface area contributed by atoms with Crippen molar-refractivity contribution in [2.24, 2.45) is 0 Å². The first-order valence-corrected chi connectivity index (χ1v) is 5.12. The van der Waals surface area contributed by atoms with Crippen LogP contribution in [0.2, 0.25) is 0 Å². The highest BCUT2D eigenvalue weighted by Crippen LogP contribution is 2.30. The molecule has 0 radical (unpaired) electrons. The molecule has 3 nitrogen and oxygen atoms in total. The molecule has 0 fully saturated rings. The standard InChI is InChI=1S/C11H14F3NO2/c12-11(13,14)9-3-1-2-8(6-9)10(17)7-15-4-5-16/h1-3,6,10,15-17H,4-5,7H2. The van der Waals surface area contributed by atoms with Crippen LogP contribution in [-0.2, 0) is 6.18 Å². The molecule has 0 aromatic heterocycles. The van der Waals surface area contributed by atoms with Gasteiger partial charge in [-0.1, -0.05) is 12.1 Å². The van der Waals surface area contributed by atoms with Gasteiger partial charge in [0.25, 0.3) is 0 Å². The molecule has 1 unspecified atom stereocenters. The quantitative estimate of drug-likeness (QED) is 0.690. The average Bonchev–Trinajstić information content (AvgIpc) is 2.28. The Hall–Kier alpha value is -1.11. The van der Waals surface area contributed by atoms with E-state index >= 15 is 0 Å². The van der Waals surface area contributed by atoms with Gasteiger partial charge < -0.3 is 15.5 Å². The Morgan fingerprint density at radius 2 is 2.00 bits per heavy atom. The van der Waals surface area contributed by atoms with Crippen LogP contribution < -0.4 is 5.32 Å². The van der Waals surface area contributed by atoms with Gasteiger partial charge >= 0.3 is 6.18 Å². The van der Waals surface area contributed by atoms with E-state index in [1.807, 2.05) is 0 Å². The second kappa shape index (κ2) is 6.00. The third-order valence-corrected chi connectivity index (χ3v) is 2.22. The normalized spacial score (nSPS) is 13.7. The first kappa shape index (κ1) is 14.0. The molecule has 0 saturated carbocycles. The van der Waals surface area contributed by atoms with Crippen molar-refractivity contribution < 1.29 is 23.4 Å². The molecule has 0 bridgehead atoms. The highest BCUT2D eigenvalue weighted by molar-refractivity contribution is 5.27. The lowest BCUT2D eigenvalue weighted by molar-refractivity contribution is -0.137. The molecule has 0 saturated heterocycles. The summed E-state index contributed by atoms with van der Waals surface area (Å²) in [5.41, 5.74) is -0.582. The fraction of sp³-hybridized carbons (Fsp3) is 0.455. The van der Waals surface area contributed by atoms with Gasteiger partial charge in [-0.3, -0.25) is 0 Å². The SMILES string of the molecule is OCCNCC(O)c1cccc(C(F)(F)F)c1. The zero-order valence-corrected chi connectivity index (χ0v) is 9.04. The maximum Gasteiger partial charge on any atom is 0.416 e. The van der Waals surface area contributed by atoms with E-state index in [1.165, 1.54) is 12.1 Å². The fourth-order valence-corrected chi connectivity index (χ4v) is 1.36. The summed E-state index contributed by atoms with van der Waals surface area (Å²) in [6.45, 7) is 0.299. The van der Waals surface area contributed by atoms with Gasteiger partial charge in [-0.15, -0.1) is 0 Å². The Labute approximate surface area is 96.9 Å². The van der Waals surface area contributed by atoms with Gasteiger partial charge in [0.2, 0.25) is 0 Å². The predicted octanol–water partition coefficient (Wildman–Crippen LogP) is 1.32. The van der Waals surface area contributed by atoms with Crippen molar-refractivity contribution in [2.75, 3.05) is 19.7 Å². The van der Waals surface area contributed by atoms with Crippen molar-refractivity contribution in [3.8, 4) is 0 Å². The molecule has 1 rings (SSSR count). The molecule has 0 amide bonds. The van der Waals surface area contributed by atoms with Gasteiger partial charge in [-0.25, -0.2) is 0 Å². The van der Waals surface area contributed by atoms with E-state index in [0.717, 1.165) is 12.1 Å². The van der Waals surface area contributed by atoms with E-state index in [2.05, 4.69) is 5.32 Å². The van der Waals surface area contributed by atoms with Crippen LogP contribution in [0, 0.1) is 0 Å². The summed E-state index contributed by atoms with van der Waals surface area (Å²) in [6, 6.07) is 4.57. The van der Waals surface area contributed by atoms with E-state index in [1.54, 1.807) is 0 Å². The number of rotatable bonds is 5. The van der Waals surface area contributed by atoms with Gasteiger partial charge in [-0.2, -0.15) is 13.2 Å². The zero-order valence-electron chi connectivity index (χ0n) is 9.04. The lowest BCUT2D eigenvalue weighted by Gasteiger charge is -2.14. The van der Waals surface area contributed by atoms with E-state index in [0.29, 0.717) is 0 Å². The van der Waals surface area contributed by atoms with Crippen LogP contribution in [-0.4, -0.2) is 29.9 Å². The Morgan fingerprint density at radius 1 is 1.29 bits per heavy atom. The summed E-state index contributed by atoms with van der Waals surface area (Å²) < 4.78 is 37.2. The molecule has 0 spiro atoms. The molecule has 1 aromatic rings. The summed E-state index contributed by atoms with van der Waals surface area (Å²) in [5.74, 6) is 0. The maximum atomic E-state index is 12.4. The van der Waals surface area contributed by atoms with Crippen molar-refractivity contribution >= 4 is 0 Å². The molecular formula is C11H14F3NO2. The van der Waals surface area contributed by atoms with Gasteiger partial charge in [-0.05, 0) is 17.7 Å². The van der Waals surface area contributed by atoms with E-state index in [4.69, 9.17) is 5.11 Å². The monoisotopic (exact) mass is 249 g/mol. The van der Waals surface area contributed by atoms with Crippen LogP contribution in [0.3, 0.4) is 0 Å². The van der Waals surface area contributed by atoms with E-state index < -0.39 is 17.8 Å². The number of alkyl halides is 3. The molecule has 0 aliphatic carbocycles. The summed E-state index contributed by atoms with van der Waals surface area (Å²) >= 11 is 0. The van der Waals surface area contributed by atoms with Gasteiger partial charge in [0, 0.05) is 13.1 Å². The predicted molar refractivity (Wildman–Crippen MR) is 56.4 cm³/mol. The summed E-state index contributed by atoms with van der Waals surface area (Å²) in [5, 5.41) is 20.8. The fourth-order valence-electron chi connectivity index (χ4n) is 1.36. The van der Waals surface area contributed by atoms with Gasteiger partial charge in [0.15, 0.2) is 0 Å². The smallest absolute Gasteiger partial charge is 0.395 e. The number of aliphatic hydroxyl groups excluding tert-OH is 2. The molecule has 0 aliphatic rings. The maximum absolute atomic E-state index is 12.4. The number of benzene rings is 1. The minimum atomic E-state index is -4.41. The topological polar surface area (TPSA) is 52.5 Å². The van der Waals surface area contributed by atoms with Crippen LogP contribution in [0.25, 0.3) is 0 Å². The molecule has 17 heavy (non-hydrogen) atoms. The molecule has 3 N–H and O–H groups in total. The Kier molecular flexibility index (Phi) is 4.92. The van der Waals surface area contributed by atoms with E-state index in [9.17, 15) is 18.3 Å². The minimum Gasteiger partial charge on any atom is -0.395 e. The Balaban J connectivity index is 2.71. The third kappa shape index (κ3) is 4.33. The Morgan fingerprint density at radius 3 is 2.59 bits per heavy atom. The second-order valence-corrected chi connectivity index (χ2v) is 3.57. The summed E-state index contributed by atoms with van der Waals surface area (Å²) in [6.07, 6.45) is -5.43. The average molecular weight is 249 g/mol. The lowest BCUT2D eigenvalue weighted by Crippen LogP contribution is -2.24. The molecular weight excluding hydrogens is 235 g/mol. The van der Waals surface area contributed by atoms with E-state index in [-0.39, 0.29) is 25.3 Å². The first-order valence-electron chi connectivity index (χ1n) is 5.12. The first-order chi connectivity index (χ1) is 7.95. The molecule has 96 valence electrons. The highest BCUT2D eigenvalue weighted by Gasteiger charge is 2.30. The minimum absolute atomic E-state index is 0.0880. The number of halogens is 3. The van der Waals surface area contributed by atoms with Crippen molar-refractivity contribution in [1.82, 2.24) is 5.32 Å². The van der Waals surface area contributed by atoms with Crippen LogP contribution >= 0.6 is 0 Å². The largest absolute Gasteiger partial charge is 0.416 e. The number of aliphatic hydroxyl groups is 2. The van der Waals surface area contributed by atoms with Crippen molar-refractivity contribution in [3.63, 3.8) is 0 Å².